The molecule has 27 heavy (non-hydrogen) atoms. The van der Waals surface area contributed by atoms with E-state index in [9.17, 15) is 14.4 Å². The number of fused-ring (bicyclic) bond motifs is 3. The summed E-state index contributed by atoms with van der Waals surface area (Å²) in [5.41, 5.74) is 9.81. The standard InChI is InChI=1S/C20H21N3O4/c1-11(22-12(2)24)19(25)23-13-7-8-16-14-5-3-4-6-15(14)18(17(16)9-13)10-27-20(21)26/h3-9,11,18H,10H2,1-2H3,(H2,21,26)(H,22,24)(H,23,25). The Morgan fingerprint density at radius 1 is 1.11 bits per heavy atom. The molecule has 2 aromatic carbocycles. The Morgan fingerprint density at radius 2 is 1.81 bits per heavy atom. The van der Waals surface area contributed by atoms with Gasteiger partial charge in [-0.15, -0.1) is 0 Å². The molecule has 1 aliphatic carbocycles. The highest BCUT2D eigenvalue weighted by atomic mass is 16.5. The number of anilines is 1. The zero-order chi connectivity index (χ0) is 19.6. The summed E-state index contributed by atoms with van der Waals surface area (Å²) in [6, 6.07) is 12.8. The van der Waals surface area contributed by atoms with E-state index < -0.39 is 12.1 Å². The molecule has 1 aliphatic rings. The molecule has 2 unspecified atom stereocenters. The van der Waals surface area contributed by atoms with Crippen molar-refractivity contribution in [3.05, 3.63) is 53.6 Å². The minimum absolute atomic E-state index is 0.124. The molecule has 7 heteroatoms. The van der Waals surface area contributed by atoms with E-state index in [2.05, 4.69) is 10.6 Å². The van der Waals surface area contributed by atoms with Gasteiger partial charge < -0.3 is 21.1 Å². The SMILES string of the molecule is CC(=O)NC(C)C(=O)Nc1ccc2c(c1)C(COC(N)=O)c1ccccc1-2. The molecular formula is C20H21N3O4. The Balaban J connectivity index is 1.88. The molecule has 0 saturated carbocycles. The van der Waals surface area contributed by atoms with Crippen LogP contribution in [0, 0.1) is 0 Å². The molecule has 0 spiro atoms. The molecule has 2 atom stereocenters. The van der Waals surface area contributed by atoms with Gasteiger partial charge in [0.2, 0.25) is 11.8 Å². The molecule has 140 valence electrons. The summed E-state index contributed by atoms with van der Waals surface area (Å²) in [4.78, 5) is 34.4. The summed E-state index contributed by atoms with van der Waals surface area (Å²) in [6.45, 7) is 3.10. The number of carbonyl (C=O) groups is 3. The Kier molecular flexibility index (Phi) is 5.12. The Hall–Kier alpha value is -3.35. The second-order valence-electron chi connectivity index (χ2n) is 6.48. The monoisotopic (exact) mass is 367 g/mol. The fourth-order valence-electron chi connectivity index (χ4n) is 3.35. The van der Waals surface area contributed by atoms with E-state index >= 15 is 0 Å². The minimum atomic E-state index is -0.825. The molecule has 0 aromatic heterocycles. The number of rotatable bonds is 5. The van der Waals surface area contributed by atoms with Crippen LogP contribution in [0.15, 0.2) is 42.5 Å². The first-order chi connectivity index (χ1) is 12.9. The van der Waals surface area contributed by atoms with E-state index in [1.54, 1.807) is 6.92 Å². The summed E-state index contributed by atoms with van der Waals surface area (Å²) < 4.78 is 5.05. The smallest absolute Gasteiger partial charge is 0.404 e. The van der Waals surface area contributed by atoms with Crippen molar-refractivity contribution in [1.29, 1.82) is 0 Å². The van der Waals surface area contributed by atoms with Crippen LogP contribution in [0.25, 0.3) is 11.1 Å². The van der Waals surface area contributed by atoms with Gasteiger partial charge in [0.15, 0.2) is 0 Å². The maximum absolute atomic E-state index is 12.3. The van der Waals surface area contributed by atoms with Gasteiger partial charge in [0.1, 0.15) is 12.6 Å². The van der Waals surface area contributed by atoms with Crippen molar-refractivity contribution in [3.8, 4) is 11.1 Å². The number of nitrogens with one attached hydrogen (secondary N) is 2. The second kappa shape index (κ2) is 7.49. The summed E-state index contributed by atoms with van der Waals surface area (Å²) in [5.74, 6) is -0.746. The van der Waals surface area contributed by atoms with Crippen molar-refractivity contribution in [2.45, 2.75) is 25.8 Å². The largest absolute Gasteiger partial charge is 0.449 e. The summed E-state index contributed by atoms with van der Waals surface area (Å²) in [5, 5.41) is 5.35. The van der Waals surface area contributed by atoms with Gasteiger partial charge in [0, 0.05) is 18.5 Å². The average Bonchev–Trinajstić information content (AvgIpc) is 2.92. The molecule has 2 aromatic rings. The Labute approximate surface area is 156 Å². The fraction of sp³-hybridized carbons (Fsp3) is 0.250. The third kappa shape index (κ3) is 3.92. The minimum Gasteiger partial charge on any atom is -0.449 e. The number of primary amides is 1. The number of hydrogen-bond donors (Lipinski definition) is 3. The lowest BCUT2D eigenvalue weighted by Crippen LogP contribution is -2.40. The first-order valence-corrected chi connectivity index (χ1v) is 8.60. The Bertz CT molecular complexity index is 910. The molecule has 4 N–H and O–H groups in total. The predicted octanol–water partition coefficient (Wildman–Crippen LogP) is 2.36. The van der Waals surface area contributed by atoms with Gasteiger partial charge in [-0.25, -0.2) is 4.79 Å². The molecule has 7 nitrogen and oxygen atoms in total. The van der Waals surface area contributed by atoms with Gasteiger partial charge in [-0.3, -0.25) is 9.59 Å². The number of amides is 3. The molecule has 0 heterocycles. The van der Waals surface area contributed by atoms with Crippen LogP contribution in [0.3, 0.4) is 0 Å². The molecule has 3 rings (SSSR count). The zero-order valence-corrected chi connectivity index (χ0v) is 15.1. The highest BCUT2D eigenvalue weighted by Gasteiger charge is 2.29. The first-order valence-electron chi connectivity index (χ1n) is 8.60. The number of hydrogen-bond acceptors (Lipinski definition) is 4. The summed E-state index contributed by atoms with van der Waals surface area (Å²) >= 11 is 0. The maximum atomic E-state index is 12.3. The molecule has 0 radical (unpaired) electrons. The van der Waals surface area contributed by atoms with E-state index in [0.717, 1.165) is 22.3 Å². The highest BCUT2D eigenvalue weighted by Crippen LogP contribution is 2.45. The third-order valence-corrected chi connectivity index (χ3v) is 4.53. The third-order valence-electron chi connectivity index (χ3n) is 4.53. The van der Waals surface area contributed by atoms with Crippen molar-refractivity contribution >= 4 is 23.6 Å². The molecule has 0 fully saturated rings. The van der Waals surface area contributed by atoms with Gasteiger partial charge in [0.05, 0.1) is 0 Å². The van der Waals surface area contributed by atoms with Gasteiger partial charge in [0.25, 0.3) is 0 Å². The molecule has 0 bridgehead atoms. The lowest BCUT2D eigenvalue weighted by atomic mass is 9.97. The van der Waals surface area contributed by atoms with Gasteiger partial charge >= 0.3 is 6.09 Å². The highest BCUT2D eigenvalue weighted by molar-refractivity contribution is 5.97. The molecule has 0 saturated heterocycles. The van der Waals surface area contributed by atoms with E-state index in [4.69, 9.17) is 10.5 Å². The number of ether oxygens (including phenoxy) is 1. The van der Waals surface area contributed by atoms with Crippen LogP contribution >= 0.6 is 0 Å². The second-order valence-corrected chi connectivity index (χ2v) is 6.48. The van der Waals surface area contributed by atoms with Crippen molar-refractivity contribution in [1.82, 2.24) is 5.32 Å². The zero-order valence-electron chi connectivity index (χ0n) is 15.1. The van der Waals surface area contributed by atoms with Crippen LogP contribution in [0.2, 0.25) is 0 Å². The molecule has 3 amide bonds. The van der Waals surface area contributed by atoms with Crippen molar-refractivity contribution in [2.75, 3.05) is 11.9 Å². The van der Waals surface area contributed by atoms with Crippen molar-refractivity contribution < 1.29 is 19.1 Å². The number of nitrogens with two attached hydrogens (primary N) is 1. The average molecular weight is 367 g/mol. The Morgan fingerprint density at radius 3 is 2.52 bits per heavy atom. The predicted molar refractivity (Wildman–Crippen MR) is 101 cm³/mol. The topological polar surface area (TPSA) is 111 Å². The van der Waals surface area contributed by atoms with Crippen LogP contribution in [0.4, 0.5) is 10.5 Å². The van der Waals surface area contributed by atoms with E-state index in [-0.39, 0.29) is 24.3 Å². The van der Waals surface area contributed by atoms with Crippen LogP contribution in [0.1, 0.15) is 30.9 Å². The number of benzene rings is 2. The van der Waals surface area contributed by atoms with Crippen LogP contribution < -0.4 is 16.4 Å². The lowest BCUT2D eigenvalue weighted by molar-refractivity contribution is -0.124. The molecule has 0 aliphatic heterocycles. The van der Waals surface area contributed by atoms with Crippen LogP contribution in [-0.4, -0.2) is 30.6 Å². The van der Waals surface area contributed by atoms with Crippen molar-refractivity contribution in [3.63, 3.8) is 0 Å². The maximum Gasteiger partial charge on any atom is 0.404 e. The van der Waals surface area contributed by atoms with E-state index in [1.165, 1.54) is 6.92 Å². The van der Waals surface area contributed by atoms with Crippen LogP contribution in [-0.2, 0) is 14.3 Å². The first kappa shape index (κ1) is 18.4. The normalized spacial score (nSPS) is 15.3. The van der Waals surface area contributed by atoms with E-state index in [0.29, 0.717) is 5.69 Å². The van der Waals surface area contributed by atoms with Crippen molar-refractivity contribution in [2.24, 2.45) is 5.73 Å². The fourth-order valence-corrected chi connectivity index (χ4v) is 3.35. The van der Waals surface area contributed by atoms with Crippen LogP contribution in [0.5, 0.6) is 0 Å². The van der Waals surface area contributed by atoms with Gasteiger partial charge in [-0.05, 0) is 41.3 Å². The van der Waals surface area contributed by atoms with Gasteiger partial charge in [-0.2, -0.15) is 0 Å². The molecular weight excluding hydrogens is 346 g/mol. The summed E-state index contributed by atoms with van der Waals surface area (Å²) in [6.07, 6.45) is -0.825. The lowest BCUT2D eigenvalue weighted by Gasteiger charge is -2.16. The summed E-state index contributed by atoms with van der Waals surface area (Å²) in [7, 11) is 0. The van der Waals surface area contributed by atoms with E-state index in [1.807, 2.05) is 42.5 Å². The number of carbonyl (C=O) groups excluding carboxylic acids is 3. The quantitative estimate of drug-likeness (QED) is 0.753. The van der Waals surface area contributed by atoms with Gasteiger partial charge in [-0.1, -0.05) is 30.3 Å².